The first-order valence-corrected chi connectivity index (χ1v) is 17.0. The van der Waals surface area contributed by atoms with Crippen LogP contribution < -0.4 is 10.6 Å². The minimum Gasteiger partial charge on any atom is -0.435 e. The molecule has 3 atom stereocenters. The highest BCUT2D eigenvalue weighted by Gasteiger charge is 2.38. The standard InChI is InChI=1S/C40H41N7O4/c1-45(2)35(25-12-7-5-8-13-25)38(49)42-29-18-20-34-31(24-29)44-39(51-34)32-23-27-22-28(17-19-30(27)43-32)41-37(48)33-16-11-21-47(33)40(50)36(46(3)4)26-14-9-6-10-15-26/h5-10,12-15,17-20,22-24,33,35-36,43H,11,16,21H2,1-4H3,(H,41,48)(H,42,49)/t33-,35+,36?/m0/s1. The molecular weight excluding hydrogens is 642 g/mol. The molecule has 3 N–H and O–H groups in total. The molecule has 1 fully saturated rings. The number of hydrogen-bond donors (Lipinski definition) is 3. The van der Waals surface area contributed by atoms with Crippen molar-refractivity contribution in [2.75, 3.05) is 45.4 Å². The van der Waals surface area contributed by atoms with Gasteiger partial charge in [-0.15, -0.1) is 0 Å². The Kier molecular flexibility index (Phi) is 9.40. The lowest BCUT2D eigenvalue weighted by Gasteiger charge is -2.31. The summed E-state index contributed by atoms with van der Waals surface area (Å²) in [5.41, 5.74) is 5.77. The van der Waals surface area contributed by atoms with Crippen LogP contribution in [0.2, 0.25) is 0 Å². The van der Waals surface area contributed by atoms with Gasteiger partial charge in [-0.25, -0.2) is 4.98 Å². The number of likely N-dealkylation sites (tertiary alicyclic amines) is 1. The second kappa shape index (κ2) is 14.2. The number of H-pyrrole nitrogens is 1. The van der Waals surface area contributed by atoms with Gasteiger partial charge in [-0.05, 0) is 94.6 Å². The number of nitrogens with zero attached hydrogens (tertiary/aromatic N) is 4. The molecule has 0 aliphatic carbocycles. The summed E-state index contributed by atoms with van der Waals surface area (Å²) in [4.78, 5) is 54.2. The monoisotopic (exact) mass is 683 g/mol. The van der Waals surface area contributed by atoms with Crippen LogP contribution in [0.3, 0.4) is 0 Å². The first kappa shape index (κ1) is 33.7. The first-order valence-electron chi connectivity index (χ1n) is 17.0. The molecule has 11 heteroatoms. The maximum Gasteiger partial charge on any atom is 0.247 e. The Morgan fingerprint density at radius 2 is 1.45 bits per heavy atom. The zero-order chi connectivity index (χ0) is 35.6. The molecule has 0 saturated carbocycles. The van der Waals surface area contributed by atoms with E-state index < -0.39 is 18.1 Å². The minimum atomic E-state index is -0.553. The summed E-state index contributed by atoms with van der Waals surface area (Å²) in [6, 6.07) is 30.8. The van der Waals surface area contributed by atoms with Crippen molar-refractivity contribution in [3.05, 3.63) is 114 Å². The minimum absolute atomic E-state index is 0.0765. The van der Waals surface area contributed by atoms with Crippen LogP contribution in [0.25, 0.3) is 33.6 Å². The van der Waals surface area contributed by atoms with E-state index in [-0.39, 0.29) is 17.7 Å². The van der Waals surface area contributed by atoms with E-state index in [0.717, 1.165) is 28.5 Å². The number of aromatic nitrogens is 2. The SMILES string of the molecule is CN(C)C(C(=O)N1CCC[C@H]1C(=O)Nc1ccc2[nH]c(-c3nc4cc(NC(=O)[C@@H](c5ccccc5)N(C)C)ccc4o3)cc2c1)c1ccccc1. The van der Waals surface area contributed by atoms with Gasteiger partial charge < -0.3 is 24.9 Å². The summed E-state index contributed by atoms with van der Waals surface area (Å²) in [5, 5.41) is 6.94. The number of nitrogens with one attached hydrogen (secondary N) is 3. The van der Waals surface area contributed by atoms with Gasteiger partial charge >= 0.3 is 0 Å². The van der Waals surface area contributed by atoms with Crippen LogP contribution in [0.15, 0.2) is 108 Å². The molecule has 0 bridgehead atoms. The molecule has 4 aromatic carbocycles. The van der Waals surface area contributed by atoms with Crippen molar-refractivity contribution in [2.24, 2.45) is 0 Å². The summed E-state index contributed by atoms with van der Waals surface area (Å²) in [5.74, 6) is -0.0268. The van der Waals surface area contributed by atoms with Crippen LogP contribution >= 0.6 is 0 Å². The highest BCUT2D eigenvalue weighted by Crippen LogP contribution is 2.31. The van der Waals surface area contributed by atoms with E-state index in [9.17, 15) is 14.4 Å². The molecule has 3 amide bonds. The molecule has 3 heterocycles. The Morgan fingerprint density at radius 1 is 0.804 bits per heavy atom. The van der Waals surface area contributed by atoms with Gasteiger partial charge in [0.05, 0.1) is 0 Å². The maximum absolute atomic E-state index is 13.8. The predicted octanol–water partition coefficient (Wildman–Crippen LogP) is 6.45. The van der Waals surface area contributed by atoms with Gasteiger partial charge in [-0.1, -0.05) is 60.7 Å². The maximum atomic E-state index is 13.8. The Bertz CT molecular complexity index is 2190. The number of rotatable bonds is 10. The molecule has 1 aliphatic heterocycles. The summed E-state index contributed by atoms with van der Waals surface area (Å²) < 4.78 is 6.09. The Hall–Kier alpha value is -5.78. The predicted molar refractivity (Wildman–Crippen MR) is 199 cm³/mol. The van der Waals surface area contributed by atoms with Crippen LogP contribution in [-0.2, 0) is 14.4 Å². The van der Waals surface area contributed by atoms with Crippen LogP contribution in [0.4, 0.5) is 11.4 Å². The number of carbonyl (C=O) groups excluding carboxylic acids is 3. The lowest BCUT2D eigenvalue weighted by molar-refractivity contribution is -0.140. The number of fused-ring (bicyclic) bond motifs is 2. The number of hydrogen-bond acceptors (Lipinski definition) is 7. The summed E-state index contributed by atoms with van der Waals surface area (Å²) in [7, 11) is 7.52. The van der Waals surface area contributed by atoms with Crippen molar-refractivity contribution in [3.8, 4) is 11.6 Å². The van der Waals surface area contributed by atoms with Crippen LogP contribution in [0.5, 0.6) is 0 Å². The normalized spacial score (nSPS) is 15.8. The molecule has 6 aromatic rings. The van der Waals surface area contributed by atoms with E-state index in [1.165, 1.54) is 0 Å². The smallest absolute Gasteiger partial charge is 0.247 e. The second-order valence-corrected chi connectivity index (χ2v) is 13.4. The fourth-order valence-electron chi connectivity index (χ4n) is 6.96. The van der Waals surface area contributed by atoms with Gasteiger partial charge in [0.25, 0.3) is 0 Å². The third-order valence-corrected chi connectivity index (χ3v) is 9.36. The molecular formula is C40H41N7O4. The van der Waals surface area contributed by atoms with Gasteiger partial charge in [0, 0.05) is 28.8 Å². The summed E-state index contributed by atoms with van der Waals surface area (Å²) >= 11 is 0. The zero-order valence-corrected chi connectivity index (χ0v) is 29.1. The van der Waals surface area contributed by atoms with E-state index in [2.05, 4.69) is 15.6 Å². The molecule has 1 unspecified atom stereocenters. The largest absolute Gasteiger partial charge is 0.435 e. The van der Waals surface area contributed by atoms with E-state index in [4.69, 9.17) is 9.40 Å². The fourth-order valence-corrected chi connectivity index (χ4v) is 6.96. The van der Waals surface area contributed by atoms with Gasteiger partial charge in [0.15, 0.2) is 5.58 Å². The van der Waals surface area contributed by atoms with Crippen molar-refractivity contribution >= 4 is 51.1 Å². The highest BCUT2D eigenvalue weighted by atomic mass is 16.3. The quantitative estimate of drug-likeness (QED) is 0.152. The number of aromatic amines is 1. The number of oxazole rings is 1. The van der Waals surface area contributed by atoms with E-state index in [0.29, 0.717) is 47.0 Å². The van der Waals surface area contributed by atoms with Gasteiger partial charge in [-0.3, -0.25) is 24.2 Å². The van der Waals surface area contributed by atoms with Crippen molar-refractivity contribution < 1.29 is 18.8 Å². The molecule has 260 valence electrons. The molecule has 1 aliphatic rings. The first-order chi connectivity index (χ1) is 24.7. The van der Waals surface area contributed by atoms with E-state index >= 15 is 0 Å². The lowest BCUT2D eigenvalue weighted by atomic mass is 10.0. The molecule has 7 rings (SSSR count). The molecule has 2 aromatic heterocycles. The van der Waals surface area contributed by atoms with Crippen LogP contribution in [0.1, 0.15) is 36.1 Å². The Balaban J connectivity index is 1.05. The van der Waals surface area contributed by atoms with Crippen LogP contribution in [0, 0.1) is 0 Å². The zero-order valence-electron chi connectivity index (χ0n) is 29.1. The average Bonchev–Trinajstić information content (AvgIpc) is 3.87. The van der Waals surface area contributed by atoms with E-state index in [1.807, 2.05) is 123 Å². The second-order valence-electron chi connectivity index (χ2n) is 13.4. The molecule has 0 spiro atoms. The third-order valence-electron chi connectivity index (χ3n) is 9.36. The van der Waals surface area contributed by atoms with Gasteiger partial charge in [-0.2, -0.15) is 0 Å². The molecule has 0 radical (unpaired) electrons. The Morgan fingerprint density at radius 3 is 2.14 bits per heavy atom. The molecule has 11 nitrogen and oxygen atoms in total. The number of carbonyl (C=O) groups is 3. The van der Waals surface area contributed by atoms with Gasteiger partial charge in [0.1, 0.15) is 29.3 Å². The number of anilines is 2. The topological polar surface area (TPSA) is 127 Å². The van der Waals surface area contributed by atoms with Crippen molar-refractivity contribution in [2.45, 2.75) is 31.0 Å². The number of benzene rings is 4. The average molecular weight is 684 g/mol. The highest BCUT2D eigenvalue weighted by molar-refractivity contribution is 6.00. The summed E-state index contributed by atoms with van der Waals surface area (Å²) in [6.07, 6.45) is 1.37. The number of likely N-dealkylation sites (N-methyl/N-ethyl adjacent to an activating group) is 2. The van der Waals surface area contributed by atoms with Gasteiger partial charge in [0.2, 0.25) is 23.6 Å². The molecule has 51 heavy (non-hydrogen) atoms. The van der Waals surface area contributed by atoms with Crippen LogP contribution in [-0.4, -0.2) is 83.2 Å². The van der Waals surface area contributed by atoms with Crippen molar-refractivity contribution in [1.82, 2.24) is 24.7 Å². The Labute approximate surface area is 296 Å². The lowest BCUT2D eigenvalue weighted by Crippen LogP contribution is -2.47. The third kappa shape index (κ3) is 6.99. The van der Waals surface area contributed by atoms with Crippen molar-refractivity contribution in [1.29, 1.82) is 0 Å². The van der Waals surface area contributed by atoms with Crippen molar-refractivity contribution in [3.63, 3.8) is 0 Å². The fraction of sp³-hybridized carbons (Fsp3) is 0.250. The summed E-state index contributed by atoms with van der Waals surface area (Å²) in [6.45, 7) is 0.539. The molecule has 1 saturated heterocycles. The van der Waals surface area contributed by atoms with E-state index in [1.54, 1.807) is 23.1 Å². The number of amides is 3.